The summed E-state index contributed by atoms with van der Waals surface area (Å²) >= 11 is 7.65. The summed E-state index contributed by atoms with van der Waals surface area (Å²) < 4.78 is 27.2. The van der Waals surface area contributed by atoms with Gasteiger partial charge in [-0.25, -0.2) is 8.42 Å². The molecule has 2 aromatic carbocycles. The van der Waals surface area contributed by atoms with Crippen LogP contribution in [0.5, 0.6) is 0 Å². The predicted octanol–water partition coefficient (Wildman–Crippen LogP) is 3.31. The predicted molar refractivity (Wildman–Crippen MR) is 109 cm³/mol. The van der Waals surface area contributed by atoms with Gasteiger partial charge in [-0.05, 0) is 36.4 Å². The van der Waals surface area contributed by atoms with E-state index in [0.29, 0.717) is 26.2 Å². The van der Waals surface area contributed by atoms with Crippen molar-refractivity contribution in [3.63, 3.8) is 0 Å². The summed E-state index contributed by atoms with van der Waals surface area (Å²) in [5, 5.41) is 9.91. The summed E-state index contributed by atoms with van der Waals surface area (Å²) in [5.41, 5.74) is 0.194. The number of thioether (sulfide) groups is 1. The van der Waals surface area contributed by atoms with E-state index in [1.165, 1.54) is 21.3 Å². The van der Waals surface area contributed by atoms with Crippen LogP contribution >= 0.6 is 23.4 Å². The maximum Gasteiger partial charge on any atom is 0.244 e. The van der Waals surface area contributed by atoms with E-state index in [0.717, 1.165) is 17.3 Å². The molecule has 0 bridgehead atoms. The molecule has 1 aliphatic heterocycles. The second-order valence-electron chi connectivity index (χ2n) is 6.16. The van der Waals surface area contributed by atoms with Crippen molar-refractivity contribution >= 4 is 33.4 Å². The Labute approximate surface area is 169 Å². The molecule has 142 valence electrons. The highest BCUT2D eigenvalue weighted by Gasteiger charge is 2.29. The van der Waals surface area contributed by atoms with E-state index in [1.807, 2.05) is 30.3 Å². The van der Waals surface area contributed by atoms with Gasteiger partial charge in [0.25, 0.3) is 0 Å². The van der Waals surface area contributed by atoms with Gasteiger partial charge in [0.1, 0.15) is 6.07 Å². The van der Waals surface area contributed by atoms with Gasteiger partial charge in [-0.3, -0.25) is 4.90 Å². The lowest BCUT2D eigenvalue weighted by Gasteiger charge is -2.34. The third-order valence-electron chi connectivity index (χ3n) is 4.45. The number of hydrogen-bond donors (Lipinski definition) is 0. The van der Waals surface area contributed by atoms with Crippen LogP contribution in [0.3, 0.4) is 0 Å². The van der Waals surface area contributed by atoms with Crippen LogP contribution in [-0.4, -0.2) is 56.1 Å². The minimum absolute atomic E-state index is 0.0965. The summed E-state index contributed by atoms with van der Waals surface area (Å²) in [4.78, 5) is 3.54. The molecule has 0 aromatic heterocycles. The molecule has 0 atom stereocenters. The Bertz CT molecular complexity index is 919. The molecule has 0 amide bonds. The largest absolute Gasteiger partial charge is 0.300 e. The lowest BCUT2D eigenvalue weighted by atomic mass is 10.2. The summed E-state index contributed by atoms with van der Waals surface area (Å²) in [6.07, 6.45) is 0. The lowest BCUT2D eigenvalue weighted by Crippen LogP contribution is -2.49. The van der Waals surface area contributed by atoms with Crippen molar-refractivity contribution in [2.24, 2.45) is 0 Å². The first-order valence-electron chi connectivity index (χ1n) is 8.61. The Morgan fingerprint density at radius 1 is 1.04 bits per heavy atom. The second kappa shape index (κ2) is 9.09. The van der Waals surface area contributed by atoms with Crippen LogP contribution in [-0.2, 0) is 10.0 Å². The first kappa shape index (κ1) is 20.2. The Balaban J connectivity index is 1.52. The number of nitriles is 1. The van der Waals surface area contributed by atoms with Gasteiger partial charge in [-0.2, -0.15) is 9.57 Å². The highest BCUT2D eigenvalue weighted by molar-refractivity contribution is 7.99. The topological polar surface area (TPSA) is 64.4 Å². The number of rotatable bonds is 6. The molecule has 3 rings (SSSR count). The molecule has 1 fully saturated rings. The normalized spacial score (nSPS) is 16.1. The molecular weight excluding hydrogens is 402 g/mol. The van der Waals surface area contributed by atoms with E-state index in [2.05, 4.69) is 4.90 Å². The first-order chi connectivity index (χ1) is 13.0. The molecule has 5 nitrogen and oxygen atoms in total. The van der Waals surface area contributed by atoms with Gasteiger partial charge in [-0.15, -0.1) is 11.8 Å². The van der Waals surface area contributed by atoms with E-state index >= 15 is 0 Å². The number of piperazine rings is 1. The number of halogens is 1. The summed E-state index contributed by atoms with van der Waals surface area (Å²) in [6, 6.07) is 16.1. The molecule has 0 radical (unpaired) electrons. The second-order valence-corrected chi connectivity index (χ2v) is 9.67. The SMILES string of the molecule is N#Cc1ccccc1S(=O)(=O)N1CCN(CCSc2ccc(Cl)cc2)CC1. The van der Waals surface area contributed by atoms with Gasteiger partial charge in [0.15, 0.2) is 0 Å². The van der Waals surface area contributed by atoms with Crippen LogP contribution in [0.2, 0.25) is 5.02 Å². The molecule has 0 aliphatic carbocycles. The quantitative estimate of drug-likeness (QED) is 0.669. The van der Waals surface area contributed by atoms with Crippen LogP contribution in [0.15, 0.2) is 58.3 Å². The zero-order valence-corrected chi connectivity index (χ0v) is 17.1. The van der Waals surface area contributed by atoms with Crippen molar-refractivity contribution in [1.29, 1.82) is 5.26 Å². The van der Waals surface area contributed by atoms with Crippen molar-refractivity contribution < 1.29 is 8.42 Å². The van der Waals surface area contributed by atoms with E-state index in [1.54, 1.807) is 23.9 Å². The van der Waals surface area contributed by atoms with Crippen molar-refractivity contribution in [3.05, 3.63) is 59.1 Å². The van der Waals surface area contributed by atoms with E-state index in [9.17, 15) is 13.7 Å². The third kappa shape index (κ3) is 5.03. The Kier molecular flexibility index (Phi) is 6.79. The zero-order chi connectivity index (χ0) is 19.3. The van der Waals surface area contributed by atoms with Gasteiger partial charge < -0.3 is 0 Å². The van der Waals surface area contributed by atoms with Crippen molar-refractivity contribution in [2.45, 2.75) is 9.79 Å². The molecule has 8 heteroatoms. The van der Waals surface area contributed by atoms with Crippen LogP contribution in [0.4, 0.5) is 0 Å². The molecule has 1 saturated heterocycles. The average Bonchev–Trinajstić information content (AvgIpc) is 2.70. The van der Waals surface area contributed by atoms with Crippen LogP contribution < -0.4 is 0 Å². The fourth-order valence-electron chi connectivity index (χ4n) is 2.94. The van der Waals surface area contributed by atoms with Crippen molar-refractivity contribution in [1.82, 2.24) is 9.21 Å². The van der Waals surface area contributed by atoms with Gasteiger partial charge in [-0.1, -0.05) is 23.7 Å². The number of sulfonamides is 1. The zero-order valence-electron chi connectivity index (χ0n) is 14.7. The van der Waals surface area contributed by atoms with Crippen LogP contribution in [0.1, 0.15) is 5.56 Å². The monoisotopic (exact) mass is 421 g/mol. The highest BCUT2D eigenvalue weighted by atomic mass is 35.5. The molecular formula is C19H20ClN3O2S2. The Hall–Kier alpha value is -1.56. The van der Waals surface area contributed by atoms with Gasteiger partial charge in [0.05, 0.1) is 10.5 Å². The van der Waals surface area contributed by atoms with Crippen molar-refractivity contribution in [2.75, 3.05) is 38.5 Å². The number of hydrogen-bond acceptors (Lipinski definition) is 5. The molecule has 1 aliphatic rings. The number of benzene rings is 2. The summed E-state index contributed by atoms with van der Waals surface area (Å²) in [6.45, 7) is 3.15. The molecule has 0 spiro atoms. The molecule has 27 heavy (non-hydrogen) atoms. The smallest absolute Gasteiger partial charge is 0.244 e. The first-order valence-corrected chi connectivity index (χ1v) is 11.4. The molecule has 2 aromatic rings. The van der Waals surface area contributed by atoms with E-state index < -0.39 is 10.0 Å². The standard InChI is InChI=1S/C19H20ClN3O2S2/c20-17-5-7-18(8-6-17)26-14-13-22-9-11-23(12-10-22)27(24,25)19-4-2-1-3-16(19)15-21/h1-8H,9-14H2. The molecule has 1 heterocycles. The lowest BCUT2D eigenvalue weighted by molar-refractivity contribution is 0.197. The maximum atomic E-state index is 12.8. The van der Waals surface area contributed by atoms with Crippen molar-refractivity contribution in [3.8, 4) is 6.07 Å². The summed E-state index contributed by atoms with van der Waals surface area (Å²) in [5.74, 6) is 0.936. The average molecular weight is 422 g/mol. The molecule has 0 saturated carbocycles. The number of nitrogens with zero attached hydrogens (tertiary/aromatic N) is 3. The van der Waals surface area contributed by atoms with E-state index in [4.69, 9.17) is 11.6 Å². The van der Waals surface area contributed by atoms with Crippen LogP contribution in [0, 0.1) is 11.3 Å². The molecule has 0 unspecified atom stereocenters. The third-order valence-corrected chi connectivity index (χ3v) is 7.65. The minimum Gasteiger partial charge on any atom is -0.300 e. The Morgan fingerprint density at radius 3 is 2.37 bits per heavy atom. The fraction of sp³-hybridized carbons (Fsp3) is 0.316. The minimum atomic E-state index is -3.63. The molecule has 0 N–H and O–H groups in total. The van der Waals surface area contributed by atoms with Gasteiger partial charge in [0, 0.05) is 48.4 Å². The van der Waals surface area contributed by atoms with Crippen LogP contribution in [0.25, 0.3) is 0 Å². The summed E-state index contributed by atoms with van der Waals surface area (Å²) in [7, 11) is -3.63. The fourth-order valence-corrected chi connectivity index (χ4v) is 5.54. The van der Waals surface area contributed by atoms with Gasteiger partial charge >= 0.3 is 0 Å². The Morgan fingerprint density at radius 2 is 1.70 bits per heavy atom. The highest BCUT2D eigenvalue weighted by Crippen LogP contribution is 2.22. The van der Waals surface area contributed by atoms with Gasteiger partial charge in [0.2, 0.25) is 10.0 Å². The van der Waals surface area contributed by atoms with E-state index in [-0.39, 0.29) is 10.5 Å². The maximum absolute atomic E-state index is 12.8.